The van der Waals surface area contributed by atoms with Crippen molar-refractivity contribution in [3.8, 4) is 11.1 Å². The number of alkyl carbamates (subject to hydrolysis) is 1. The Morgan fingerprint density at radius 1 is 1.03 bits per heavy atom. The van der Waals surface area contributed by atoms with Crippen LogP contribution in [0.15, 0.2) is 48.5 Å². The van der Waals surface area contributed by atoms with Crippen molar-refractivity contribution in [2.45, 2.75) is 25.3 Å². The molecule has 2 N–H and O–H groups in total. The number of rotatable bonds is 9. The number of carbonyl (C=O) groups is 3. The fourth-order valence-electron chi connectivity index (χ4n) is 3.96. The van der Waals surface area contributed by atoms with Crippen molar-refractivity contribution in [1.82, 2.24) is 10.2 Å². The molecule has 1 aliphatic rings. The highest BCUT2D eigenvalue weighted by Crippen LogP contribution is 2.44. The summed E-state index contributed by atoms with van der Waals surface area (Å²) in [6.45, 7) is 2.93. The summed E-state index contributed by atoms with van der Waals surface area (Å²) < 4.78 is 10.5. The van der Waals surface area contributed by atoms with E-state index < -0.39 is 30.1 Å². The summed E-state index contributed by atoms with van der Waals surface area (Å²) >= 11 is 0. The molecule has 32 heavy (non-hydrogen) atoms. The SMILES string of the molecule is COCCN(CC(=O)O)C(=O)C(C)(C)NC(=O)OCC1c2ccccc2-c2ccccc21. The summed E-state index contributed by atoms with van der Waals surface area (Å²) in [7, 11) is 1.46. The van der Waals surface area contributed by atoms with Crippen LogP contribution in [0.1, 0.15) is 30.9 Å². The van der Waals surface area contributed by atoms with E-state index in [1.807, 2.05) is 48.5 Å². The molecule has 1 aliphatic carbocycles. The molecule has 0 radical (unpaired) electrons. The van der Waals surface area contributed by atoms with E-state index in [1.54, 1.807) is 0 Å². The first kappa shape index (κ1) is 23.3. The largest absolute Gasteiger partial charge is 0.480 e. The van der Waals surface area contributed by atoms with Gasteiger partial charge in [-0.3, -0.25) is 9.59 Å². The van der Waals surface area contributed by atoms with Crippen molar-refractivity contribution in [3.63, 3.8) is 0 Å². The van der Waals surface area contributed by atoms with Crippen molar-refractivity contribution in [1.29, 1.82) is 0 Å². The minimum atomic E-state index is -1.36. The Morgan fingerprint density at radius 3 is 2.12 bits per heavy atom. The predicted octanol–water partition coefficient (Wildman–Crippen LogP) is 2.86. The summed E-state index contributed by atoms with van der Waals surface area (Å²) in [5, 5.41) is 11.7. The standard InChI is InChI=1S/C24H28N2O6/c1-24(2,22(29)26(12-13-31-3)14-21(27)28)25-23(30)32-15-20-18-10-6-4-8-16(18)17-9-5-7-11-19(17)20/h4-11,20H,12-15H2,1-3H3,(H,25,30)(H,27,28). The number of methoxy groups -OCH3 is 1. The first-order valence-electron chi connectivity index (χ1n) is 10.4. The number of carboxylic acids is 1. The molecule has 8 heteroatoms. The highest BCUT2D eigenvalue weighted by Gasteiger charge is 2.35. The van der Waals surface area contributed by atoms with Gasteiger partial charge in [0.2, 0.25) is 5.91 Å². The normalized spacial score (nSPS) is 12.6. The summed E-state index contributed by atoms with van der Waals surface area (Å²) in [5.74, 6) is -1.78. The summed E-state index contributed by atoms with van der Waals surface area (Å²) in [6, 6.07) is 16.0. The molecule has 0 aliphatic heterocycles. The van der Waals surface area contributed by atoms with Crippen molar-refractivity contribution >= 4 is 18.0 Å². The molecular weight excluding hydrogens is 412 g/mol. The number of carbonyl (C=O) groups excluding carboxylic acids is 2. The van der Waals surface area contributed by atoms with Gasteiger partial charge in [0.05, 0.1) is 6.61 Å². The lowest BCUT2D eigenvalue weighted by Gasteiger charge is -2.31. The molecule has 0 bridgehead atoms. The first-order chi connectivity index (χ1) is 15.2. The fraction of sp³-hybridized carbons (Fsp3) is 0.375. The second kappa shape index (κ2) is 9.82. The van der Waals surface area contributed by atoms with Gasteiger partial charge in [-0.05, 0) is 36.1 Å². The van der Waals surface area contributed by atoms with E-state index in [1.165, 1.54) is 21.0 Å². The van der Waals surface area contributed by atoms with Crippen LogP contribution < -0.4 is 5.32 Å². The minimum Gasteiger partial charge on any atom is -0.480 e. The topological polar surface area (TPSA) is 105 Å². The van der Waals surface area contributed by atoms with Gasteiger partial charge >= 0.3 is 12.1 Å². The Hall–Kier alpha value is -3.39. The Bertz CT molecular complexity index is 958. The molecule has 170 valence electrons. The van der Waals surface area contributed by atoms with E-state index in [0.29, 0.717) is 0 Å². The van der Waals surface area contributed by atoms with E-state index in [-0.39, 0.29) is 25.7 Å². The molecule has 3 rings (SSSR count). The number of benzene rings is 2. The van der Waals surface area contributed by atoms with Crippen LogP contribution in [0.2, 0.25) is 0 Å². The molecule has 0 spiro atoms. The Morgan fingerprint density at radius 2 is 1.59 bits per heavy atom. The Kier molecular flexibility index (Phi) is 7.15. The fourth-order valence-corrected chi connectivity index (χ4v) is 3.96. The predicted molar refractivity (Wildman–Crippen MR) is 118 cm³/mol. The number of hydrogen-bond donors (Lipinski definition) is 2. The number of ether oxygens (including phenoxy) is 2. The van der Waals surface area contributed by atoms with E-state index in [9.17, 15) is 14.4 Å². The molecule has 2 aromatic carbocycles. The maximum atomic E-state index is 12.9. The molecular formula is C24H28N2O6. The summed E-state index contributed by atoms with van der Waals surface area (Å²) in [5.41, 5.74) is 3.06. The summed E-state index contributed by atoms with van der Waals surface area (Å²) in [6.07, 6.45) is -0.743. The zero-order chi connectivity index (χ0) is 23.3. The van der Waals surface area contributed by atoms with Crippen LogP contribution in [0.4, 0.5) is 4.79 Å². The molecule has 0 unspecified atom stereocenters. The molecule has 8 nitrogen and oxygen atoms in total. The summed E-state index contributed by atoms with van der Waals surface area (Å²) in [4.78, 5) is 37.7. The van der Waals surface area contributed by atoms with Gasteiger partial charge in [-0.15, -0.1) is 0 Å². The van der Waals surface area contributed by atoms with Gasteiger partial charge in [-0.1, -0.05) is 48.5 Å². The number of aliphatic carboxylic acids is 1. The maximum absolute atomic E-state index is 12.9. The molecule has 0 saturated heterocycles. The lowest BCUT2D eigenvalue weighted by Crippen LogP contribution is -2.57. The quantitative estimate of drug-likeness (QED) is 0.621. The second-order valence-corrected chi connectivity index (χ2v) is 8.19. The van der Waals surface area contributed by atoms with E-state index in [2.05, 4.69) is 5.32 Å². The van der Waals surface area contributed by atoms with Crippen molar-refractivity contribution < 1.29 is 29.0 Å². The lowest BCUT2D eigenvalue weighted by atomic mass is 9.98. The third-order valence-electron chi connectivity index (χ3n) is 5.47. The maximum Gasteiger partial charge on any atom is 0.408 e. The third kappa shape index (κ3) is 5.08. The van der Waals surface area contributed by atoms with E-state index >= 15 is 0 Å². The zero-order valence-electron chi connectivity index (χ0n) is 18.5. The number of amides is 2. The Labute approximate surface area is 187 Å². The van der Waals surface area contributed by atoms with Crippen LogP contribution in [0.5, 0.6) is 0 Å². The van der Waals surface area contributed by atoms with Gasteiger partial charge in [0.1, 0.15) is 18.7 Å². The Balaban J connectivity index is 1.66. The molecule has 2 aromatic rings. The third-order valence-corrected chi connectivity index (χ3v) is 5.47. The van der Waals surface area contributed by atoms with Gasteiger partial charge in [0.25, 0.3) is 0 Å². The van der Waals surface area contributed by atoms with Crippen molar-refractivity contribution in [2.75, 3.05) is 33.4 Å². The van der Waals surface area contributed by atoms with Crippen LogP contribution >= 0.6 is 0 Å². The highest BCUT2D eigenvalue weighted by molar-refractivity contribution is 5.91. The number of hydrogen-bond acceptors (Lipinski definition) is 5. The van der Waals surface area contributed by atoms with Gasteiger partial charge < -0.3 is 24.8 Å². The van der Waals surface area contributed by atoms with E-state index in [0.717, 1.165) is 27.2 Å². The number of nitrogens with zero attached hydrogens (tertiary/aromatic N) is 1. The van der Waals surface area contributed by atoms with Gasteiger partial charge in [-0.2, -0.15) is 0 Å². The number of carboxylic acid groups (broad SMARTS) is 1. The van der Waals surface area contributed by atoms with Crippen molar-refractivity contribution in [2.24, 2.45) is 0 Å². The highest BCUT2D eigenvalue weighted by atomic mass is 16.5. The number of fused-ring (bicyclic) bond motifs is 3. The van der Waals surface area contributed by atoms with Crippen LogP contribution in [-0.2, 0) is 19.1 Å². The molecule has 0 saturated carbocycles. The van der Waals surface area contributed by atoms with Gasteiger partial charge in [-0.25, -0.2) is 4.79 Å². The molecule has 0 aromatic heterocycles. The molecule has 2 amide bonds. The van der Waals surface area contributed by atoms with Gasteiger partial charge in [0.15, 0.2) is 0 Å². The molecule has 0 atom stereocenters. The minimum absolute atomic E-state index is 0.0947. The second-order valence-electron chi connectivity index (χ2n) is 8.19. The monoisotopic (exact) mass is 440 g/mol. The van der Waals surface area contributed by atoms with Crippen LogP contribution in [0.25, 0.3) is 11.1 Å². The smallest absolute Gasteiger partial charge is 0.408 e. The number of nitrogens with one attached hydrogen (secondary N) is 1. The van der Waals surface area contributed by atoms with Gasteiger partial charge in [0, 0.05) is 19.6 Å². The van der Waals surface area contributed by atoms with E-state index in [4.69, 9.17) is 14.6 Å². The zero-order valence-corrected chi connectivity index (χ0v) is 18.5. The van der Waals surface area contributed by atoms with Crippen LogP contribution in [0, 0.1) is 0 Å². The molecule has 0 fully saturated rings. The van der Waals surface area contributed by atoms with Crippen molar-refractivity contribution in [3.05, 3.63) is 59.7 Å². The first-order valence-corrected chi connectivity index (χ1v) is 10.4. The lowest BCUT2D eigenvalue weighted by molar-refractivity contribution is -0.147. The molecule has 0 heterocycles. The van der Waals surface area contributed by atoms with Crippen LogP contribution in [0.3, 0.4) is 0 Å². The van der Waals surface area contributed by atoms with Crippen LogP contribution in [-0.4, -0.2) is 66.9 Å². The average Bonchev–Trinajstić information content (AvgIpc) is 3.08. The average molecular weight is 440 g/mol.